The standard InChI is InChI=1S/C19H18F2N4O3/c1-10-16(19(26)23-17-12(20)6-5-7-13(17)21)24-25(2)18(10)11-9-22-15(28-4)8-14(11)27-3/h5-9H,1-4H3,(H,23,26). The van der Waals surface area contributed by atoms with E-state index in [0.29, 0.717) is 28.5 Å². The van der Waals surface area contributed by atoms with Gasteiger partial charge < -0.3 is 14.8 Å². The minimum absolute atomic E-state index is 0.0259. The first-order valence-corrected chi connectivity index (χ1v) is 8.24. The molecular weight excluding hydrogens is 370 g/mol. The summed E-state index contributed by atoms with van der Waals surface area (Å²) in [6.07, 6.45) is 1.54. The average Bonchev–Trinajstić information content (AvgIpc) is 2.98. The summed E-state index contributed by atoms with van der Waals surface area (Å²) in [5, 5.41) is 6.45. The molecule has 0 atom stereocenters. The van der Waals surface area contributed by atoms with Gasteiger partial charge in [0.15, 0.2) is 5.69 Å². The molecule has 2 heterocycles. The fourth-order valence-electron chi connectivity index (χ4n) is 2.89. The first kappa shape index (κ1) is 19.3. The number of ether oxygens (including phenoxy) is 2. The van der Waals surface area contributed by atoms with Gasteiger partial charge in [-0.05, 0) is 19.1 Å². The van der Waals surface area contributed by atoms with Gasteiger partial charge in [0.25, 0.3) is 5.91 Å². The fraction of sp³-hybridized carbons (Fsp3) is 0.211. The zero-order valence-electron chi connectivity index (χ0n) is 15.7. The molecular formula is C19H18F2N4O3. The second-order valence-electron chi connectivity index (χ2n) is 5.92. The number of hydrogen-bond acceptors (Lipinski definition) is 5. The lowest BCUT2D eigenvalue weighted by atomic mass is 10.1. The molecule has 28 heavy (non-hydrogen) atoms. The number of carbonyl (C=O) groups excluding carboxylic acids is 1. The number of halogens is 2. The SMILES string of the molecule is COc1cc(OC)c(-c2c(C)c(C(=O)Nc3c(F)cccc3F)nn2C)cn1. The molecule has 9 heteroatoms. The number of para-hydroxylation sites is 1. The Bertz CT molecular complexity index is 1030. The third kappa shape index (κ3) is 3.38. The van der Waals surface area contributed by atoms with Crippen LogP contribution < -0.4 is 14.8 Å². The highest BCUT2D eigenvalue weighted by Gasteiger charge is 2.24. The minimum Gasteiger partial charge on any atom is -0.496 e. The Balaban J connectivity index is 2.02. The number of anilines is 1. The number of aromatic nitrogens is 3. The van der Waals surface area contributed by atoms with Crippen molar-refractivity contribution in [1.82, 2.24) is 14.8 Å². The topological polar surface area (TPSA) is 78.3 Å². The van der Waals surface area contributed by atoms with E-state index >= 15 is 0 Å². The van der Waals surface area contributed by atoms with Crippen molar-refractivity contribution < 1.29 is 23.0 Å². The van der Waals surface area contributed by atoms with Crippen LogP contribution in [-0.4, -0.2) is 34.9 Å². The van der Waals surface area contributed by atoms with Crippen molar-refractivity contribution in [2.45, 2.75) is 6.92 Å². The van der Waals surface area contributed by atoms with Crippen LogP contribution >= 0.6 is 0 Å². The normalized spacial score (nSPS) is 10.6. The van der Waals surface area contributed by atoms with E-state index in [1.165, 1.54) is 25.0 Å². The van der Waals surface area contributed by atoms with Gasteiger partial charge in [0.2, 0.25) is 5.88 Å². The molecule has 3 aromatic rings. The van der Waals surface area contributed by atoms with E-state index in [1.807, 2.05) is 0 Å². The van der Waals surface area contributed by atoms with Gasteiger partial charge in [-0.15, -0.1) is 0 Å². The highest BCUT2D eigenvalue weighted by Crippen LogP contribution is 2.34. The Labute approximate surface area is 159 Å². The number of amides is 1. The summed E-state index contributed by atoms with van der Waals surface area (Å²) in [4.78, 5) is 16.8. The van der Waals surface area contributed by atoms with Crippen LogP contribution in [0.4, 0.5) is 14.5 Å². The minimum atomic E-state index is -0.872. The second-order valence-corrected chi connectivity index (χ2v) is 5.92. The van der Waals surface area contributed by atoms with Crippen molar-refractivity contribution in [2.75, 3.05) is 19.5 Å². The molecule has 3 rings (SSSR count). The maximum Gasteiger partial charge on any atom is 0.276 e. The Hall–Kier alpha value is -3.49. The van der Waals surface area contributed by atoms with E-state index in [2.05, 4.69) is 15.4 Å². The van der Waals surface area contributed by atoms with Crippen LogP contribution in [0.5, 0.6) is 11.6 Å². The largest absolute Gasteiger partial charge is 0.496 e. The fourth-order valence-corrected chi connectivity index (χ4v) is 2.89. The van der Waals surface area contributed by atoms with E-state index in [4.69, 9.17) is 9.47 Å². The summed E-state index contributed by atoms with van der Waals surface area (Å²) >= 11 is 0. The van der Waals surface area contributed by atoms with E-state index in [9.17, 15) is 13.6 Å². The molecule has 7 nitrogen and oxygen atoms in total. The molecule has 0 aliphatic carbocycles. The predicted molar refractivity (Wildman–Crippen MR) is 98.6 cm³/mol. The van der Waals surface area contributed by atoms with Crippen molar-refractivity contribution in [3.05, 3.63) is 53.4 Å². The first-order chi connectivity index (χ1) is 13.4. The van der Waals surface area contributed by atoms with Crippen LogP contribution in [0.2, 0.25) is 0 Å². The summed E-state index contributed by atoms with van der Waals surface area (Å²) in [6, 6.07) is 4.94. The van der Waals surface area contributed by atoms with Crippen molar-refractivity contribution in [3.63, 3.8) is 0 Å². The van der Waals surface area contributed by atoms with Crippen LogP contribution in [0.1, 0.15) is 16.1 Å². The van der Waals surface area contributed by atoms with E-state index in [1.54, 1.807) is 26.2 Å². The lowest BCUT2D eigenvalue weighted by Crippen LogP contribution is -2.16. The number of rotatable bonds is 5. The third-order valence-corrected chi connectivity index (χ3v) is 4.23. The zero-order valence-corrected chi connectivity index (χ0v) is 15.7. The molecule has 0 saturated carbocycles. The number of methoxy groups -OCH3 is 2. The van der Waals surface area contributed by atoms with Crippen molar-refractivity contribution in [2.24, 2.45) is 7.05 Å². The number of carbonyl (C=O) groups is 1. The number of benzene rings is 1. The van der Waals surface area contributed by atoms with E-state index < -0.39 is 23.2 Å². The van der Waals surface area contributed by atoms with Gasteiger partial charge in [0.1, 0.15) is 23.1 Å². The molecule has 0 radical (unpaired) electrons. The lowest BCUT2D eigenvalue weighted by Gasteiger charge is -2.11. The Morgan fingerprint density at radius 1 is 1.18 bits per heavy atom. The summed E-state index contributed by atoms with van der Waals surface area (Å²) in [6.45, 7) is 1.68. The van der Waals surface area contributed by atoms with Crippen molar-refractivity contribution in [3.8, 4) is 22.9 Å². The maximum atomic E-state index is 13.8. The van der Waals surface area contributed by atoms with Crippen LogP contribution in [-0.2, 0) is 7.05 Å². The molecule has 1 aromatic carbocycles. The number of hydrogen-bond donors (Lipinski definition) is 1. The quantitative estimate of drug-likeness (QED) is 0.725. The maximum absolute atomic E-state index is 13.8. The summed E-state index contributed by atoms with van der Waals surface area (Å²) in [5.74, 6) is -1.63. The highest BCUT2D eigenvalue weighted by atomic mass is 19.1. The summed E-state index contributed by atoms with van der Waals surface area (Å²) in [7, 11) is 4.63. The number of nitrogens with zero attached hydrogens (tertiary/aromatic N) is 3. The Morgan fingerprint density at radius 2 is 1.86 bits per heavy atom. The number of nitrogens with one attached hydrogen (secondary N) is 1. The predicted octanol–water partition coefficient (Wildman–Crippen LogP) is 3.34. The molecule has 0 spiro atoms. The summed E-state index contributed by atoms with van der Waals surface area (Å²) in [5.41, 5.74) is 1.17. The molecule has 1 N–H and O–H groups in total. The number of pyridine rings is 1. The first-order valence-electron chi connectivity index (χ1n) is 8.24. The molecule has 2 aromatic heterocycles. The molecule has 0 aliphatic heterocycles. The van der Waals surface area contributed by atoms with Gasteiger partial charge in [-0.3, -0.25) is 9.48 Å². The van der Waals surface area contributed by atoms with Gasteiger partial charge in [0.05, 0.1) is 25.5 Å². The average molecular weight is 388 g/mol. The van der Waals surface area contributed by atoms with Crippen molar-refractivity contribution in [1.29, 1.82) is 0 Å². The van der Waals surface area contributed by atoms with E-state index in [-0.39, 0.29) is 5.69 Å². The molecule has 146 valence electrons. The smallest absolute Gasteiger partial charge is 0.276 e. The monoisotopic (exact) mass is 388 g/mol. The Morgan fingerprint density at radius 3 is 2.46 bits per heavy atom. The van der Waals surface area contributed by atoms with Crippen LogP contribution in [0, 0.1) is 18.6 Å². The molecule has 0 unspecified atom stereocenters. The van der Waals surface area contributed by atoms with Crippen LogP contribution in [0.15, 0.2) is 30.5 Å². The second kappa shape index (κ2) is 7.63. The molecule has 0 fully saturated rings. The third-order valence-electron chi connectivity index (χ3n) is 4.23. The van der Waals surface area contributed by atoms with Gasteiger partial charge in [0, 0.05) is 24.9 Å². The molecule has 0 aliphatic rings. The van der Waals surface area contributed by atoms with Gasteiger partial charge in [-0.2, -0.15) is 5.10 Å². The molecule has 0 bridgehead atoms. The molecule has 0 saturated heterocycles. The summed E-state index contributed by atoms with van der Waals surface area (Å²) < 4.78 is 39.6. The van der Waals surface area contributed by atoms with Gasteiger partial charge in [-0.1, -0.05) is 6.07 Å². The van der Waals surface area contributed by atoms with Crippen LogP contribution in [0.25, 0.3) is 11.3 Å². The van der Waals surface area contributed by atoms with Crippen LogP contribution in [0.3, 0.4) is 0 Å². The lowest BCUT2D eigenvalue weighted by molar-refractivity contribution is 0.102. The van der Waals surface area contributed by atoms with Crippen molar-refractivity contribution >= 4 is 11.6 Å². The zero-order chi connectivity index (χ0) is 20.4. The van der Waals surface area contributed by atoms with Gasteiger partial charge in [-0.25, -0.2) is 13.8 Å². The highest BCUT2D eigenvalue weighted by molar-refractivity contribution is 6.05. The van der Waals surface area contributed by atoms with E-state index in [0.717, 1.165) is 12.1 Å². The Kier molecular flexibility index (Phi) is 5.25. The number of aryl methyl sites for hydroxylation is 1. The molecule has 1 amide bonds. The van der Waals surface area contributed by atoms with Gasteiger partial charge >= 0.3 is 0 Å².